The van der Waals surface area contributed by atoms with E-state index in [1.807, 2.05) is 16.9 Å². The highest BCUT2D eigenvalue weighted by atomic mass is 32.2. The van der Waals surface area contributed by atoms with Gasteiger partial charge < -0.3 is 9.88 Å². The first kappa shape index (κ1) is 19.5. The van der Waals surface area contributed by atoms with E-state index >= 15 is 0 Å². The summed E-state index contributed by atoms with van der Waals surface area (Å²) in [6.07, 6.45) is 2.65. The molecule has 1 N–H and O–H groups in total. The van der Waals surface area contributed by atoms with Gasteiger partial charge in [-0.05, 0) is 42.2 Å². The van der Waals surface area contributed by atoms with Gasteiger partial charge in [-0.15, -0.1) is 11.8 Å². The zero-order valence-electron chi connectivity index (χ0n) is 15.5. The monoisotopic (exact) mass is 394 g/mol. The zero-order chi connectivity index (χ0) is 18.9. The molecule has 142 valence electrons. The molecule has 1 aromatic carbocycles. The van der Waals surface area contributed by atoms with E-state index < -0.39 is 9.84 Å². The van der Waals surface area contributed by atoms with Gasteiger partial charge in [-0.2, -0.15) is 0 Å². The minimum absolute atomic E-state index is 0.0119. The maximum atomic E-state index is 13.0. The number of benzene rings is 1. The maximum Gasteiger partial charge on any atom is 0.255 e. The van der Waals surface area contributed by atoms with Crippen molar-refractivity contribution < 1.29 is 8.42 Å². The molecule has 0 aliphatic carbocycles. The maximum absolute atomic E-state index is 13.0. The molecule has 1 atom stereocenters. The Bertz CT molecular complexity index is 965. The number of thioether (sulfide) groups is 1. The third-order valence-corrected chi connectivity index (χ3v) is 7.23. The predicted molar refractivity (Wildman–Crippen MR) is 109 cm³/mol. The highest BCUT2D eigenvalue weighted by molar-refractivity contribution is 7.98. The van der Waals surface area contributed by atoms with E-state index in [9.17, 15) is 13.2 Å². The summed E-state index contributed by atoms with van der Waals surface area (Å²) in [6, 6.07) is 8.07. The van der Waals surface area contributed by atoms with Crippen LogP contribution in [0, 0.1) is 5.92 Å². The average molecular weight is 395 g/mol. The molecule has 1 unspecified atom stereocenters. The molecule has 2 aromatic rings. The summed E-state index contributed by atoms with van der Waals surface area (Å²) in [7, 11) is -2.92. The second kappa shape index (κ2) is 7.74. The molecule has 26 heavy (non-hydrogen) atoms. The van der Waals surface area contributed by atoms with Crippen LogP contribution in [0.15, 0.2) is 34.0 Å². The molecular weight excluding hydrogens is 368 g/mol. The number of hydrogen-bond acceptors (Lipinski definition) is 5. The largest absolute Gasteiger partial charge is 0.309 e. The van der Waals surface area contributed by atoms with Crippen molar-refractivity contribution in [3.8, 4) is 0 Å². The van der Waals surface area contributed by atoms with Crippen molar-refractivity contribution in [2.75, 3.05) is 17.8 Å². The van der Waals surface area contributed by atoms with Crippen molar-refractivity contribution in [1.29, 1.82) is 0 Å². The fourth-order valence-corrected chi connectivity index (χ4v) is 5.56. The van der Waals surface area contributed by atoms with Crippen molar-refractivity contribution in [3.63, 3.8) is 0 Å². The van der Waals surface area contributed by atoms with Gasteiger partial charge in [-0.3, -0.25) is 4.79 Å². The van der Waals surface area contributed by atoms with Gasteiger partial charge in [0.15, 0.2) is 9.84 Å². The first-order valence-corrected chi connectivity index (χ1v) is 12.0. The van der Waals surface area contributed by atoms with Crippen molar-refractivity contribution in [3.05, 3.63) is 40.2 Å². The summed E-state index contributed by atoms with van der Waals surface area (Å²) in [4.78, 5) is 14.2. The topological polar surface area (TPSA) is 68.2 Å². The second-order valence-electron chi connectivity index (χ2n) is 7.38. The van der Waals surface area contributed by atoms with Crippen LogP contribution in [-0.2, 0) is 22.9 Å². The number of rotatable bonds is 6. The molecule has 7 heteroatoms. The Labute approximate surface area is 159 Å². The quantitative estimate of drug-likeness (QED) is 0.763. The second-order valence-corrected chi connectivity index (χ2v) is 10.5. The summed E-state index contributed by atoms with van der Waals surface area (Å²) in [5.41, 5.74) is 1.67. The van der Waals surface area contributed by atoms with E-state index in [0.29, 0.717) is 31.0 Å². The molecule has 3 rings (SSSR count). The summed E-state index contributed by atoms with van der Waals surface area (Å²) in [5, 5.41) is 4.31. The van der Waals surface area contributed by atoms with Crippen LogP contribution >= 0.6 is 11.8 Å². The molecule has 0 saturated carbocycles. The molecule has 0 bridgehead atoms. The highest BCUT2D eigenvalue weighted by Gasteiger charge is 2.27. The Morgan fingerprint density at radius 3 is 2.69 bits per heavy atom. The minimum atomic E-state index is -2.92. The lowest BCUT2D eigenvalue weighted by atomic mass is 10.1. The predicted octanol–water partition coefficient (Wildman–Crippen LogP) is 2.66. The molecule has 1 aliphatic rings. The molecule has 0 radical (unpaired) electrons. The molecule has 1 saturated heterocycles. The normalized spacial score (nSPS) is 19.5. The summed E-state index contributed by atoms with van der Waals surface area (Å²) >= 11 is 1.66. The van der Waals surface area contributed by atoms with Gasteiger partial charge in [0.25, 0.3) is 5.56 Å². The van der Waals surface area contributed by atoms with Crippen LogP contribution in [0.1, 0.15) is 25.8 Å². The van der Waals surface area contributed by atoms with E-state index in [0.717, 1.165) is 15.8 Å². The summed E-state index contributed by atoms with van der Waals surface area (Å²) in [6.45, 7) is 5.27. The molecular formula is C19H26N2O3S2. The summed E-state index contributed by atoms with van der Waals surface area (Å²) in [5.74, 6) is 0.756. The van der Waals surface area contributed by atoms with Crippen LogP contribution in [0.5, 0.6) is 0 Å². The molecule has 0 amide bonds. The van der Waals surface area contributed by atoms with Crippen molar-refractivity contribution in [1.82, 2.24) is 9.88 Å². The van der Waals surface area contributed by atoms with Crippen LogP contribution in [0.4, 0.5) is 0 Å². The average Bonchev–Trinajstić information content (AvgIpc) is 2.94. The number of aromatic nitrogens is 1. The number of nitrogens with one attached hydrogen (secondary N) is 1. The van der Waals surface area contributed by atoms with Crippen LogP contribution in [0.3, 0.4) is 0 Å². The number of hydrogen-bond donors (Lipinski definition) is 1. The fraction of sp³-hybridized carbons (Fsp3) is 0.526. The Kier molecular flexibility index (Phi) is 5.79. The van der Waals surface area contributed by atoms with Crippen LogP contribution in [0.2, 0.25) is 0 Å². The molecule has 1 aliphatic heterocycles. The lowest BCUT2D eigenvalue weighted by Gasteiger charge is -2.17. The van der Waals surface area contributed by atoms with Crippen LogP contribution < -0.4 is 10.9 Å². The van der Waals surface area contributed by atoms with E-state index in [1.54, 1.807) is 11.8 Å². The first-order valence-electron chi connectivity index (χ1n) is 8.93. The van der Waals surface area contributed by atoms with E-state index in [2.05, 4.69) is 37.4 Å². The van der Waals surface area contributed by atoms with Crippen LogP contribution in [0.25, 0.3) is 10.9 Å². The van der Waals surface area contributed by atoms with Gasteiger partial charge in [-0.1, -0.05) is 19.9 Å². The Morgan fingerprint density at radius 2 is 2.08 bits per heavy atom. The number of fused-ring (bicyclic) bond motifs is 1. The Morgan fingerprint density at radius 1 is 1.31 bits per heavy atom. The third-order valence-electron chi connectivity index (χ3n) is 4.74. The zero-order valence-corrected chi connectivity index (χ0v) is 17.1. The lowest BCUT2D eigenvalue weighted by Crippen LogP contribution is -2.34. The van der Waals surface area contributed by atoms with Gasteiger partial charge in [0.2, 0.25) is 0 Å². The SMILES string of the molecule is CSc1ccc2cc(CNC3CCS(=O)(=O)C3)c(=O)n(CC(C)C)c2c1. The molecule has 0 spiro atoms. The van der Waals surface area contributed by atoms with Gasteiger partial charge in [-0.25, -0.2) is 8.42 Å². The Balaban J connectivity index is 1.95. The van der Waals surface area contributed by atoms with Gasteiger partial charge in [0.1, 0.15) is 0 Å². The number of sulfone groups is 1. The standard InChI is InChI=1S/C19H26N2O3S2/c1-13(2)11-21-18-9-17(25-3)5-4-14(18)8-15(19(21)22)10-20-16-6-7-26(23,24)12-16/h4-5,8-9,13,16,20H,6-7,10-12H2,1-3H3. The van der Waals surface area contributed by atoms with E-state index in [4.69, 9.17) is 0 Å². The van der Waals surface area contributed by atoms with E-state index in [-0.39, 0.29) is 23.1 Å². The van der Waals surface area contributed by atoms with Gasteiger partial charge >= 0.3 is 0 Å². The molecule has 1 fully saturated rings. The highest BCUT2D eigenvalue weighted by Crippen LogP contribution is 2.22. The third kappa shape index (κ3) is 4.32. The smallest absolute Gasteiger partial charge is 0.255 e. The molecule has 1 aromatic heterocycles. The van der Waals surface area contributed by atoms with Crippen molar-refractivity contribution in [2.24, 2.45) is 5.92 Å². The number of pyridine rings is 1. The number of nitrogens with zero attached hydrogens (tertiary/aromatic N) is 1. The molecule has 5 nitrogen and oxygen atoms in total. The fourth-order valence-electron chi connectivity index (χ4n) is 3.42. The van der Waals surface area contributed by atoms with Crippen molar-refractivity contribution >= 4 is 32.5 Å². The Hall–Kier alpha value is -1.31. The van der Waals surface area contributed by atoms with Crippen LogP contribution in [-0.4, -0.2) is 36.8 Å². The summed E-state index contributed by atoms with van der Waals surface area (Å²) < 4.78 is 25.1. The van der Waals surface area contributed by atoms with Crippen molar-refractivity contribution in [2.45, 2.75) is 44.3 Å². The lowest BCUT2D eigenvalue weighted by molar-refractivity contribution is 0.513. The van der Waals surface area contributed by atoms with E-state index in [1.165, 1.54) is 0 Å². The van der Waals surface area contributed by atoms with Gasteiger partial charge in [0, 0.05) is 29.6 Å². The van der Waals surface area contributed by atoms with Gasteiger partial charge in [0.05, 0.1) is 17.0 Å². The first-order chi connectivity index (χ1) is 12.3. The molecule has 2 heterocycles. The minimum Gasteiger partial charge on any atom is -0.309 e.